The van der Waals surface area contributed by atoms with Gasteiger partial charge in [-0.05, 0) is 35.2 Å². The number of nitrogens with one attached hydrogen (secondary N) is 1. The molecule has 1 aromatic heterocycles. The molecule has 1 aliphatic carbocycles. The third-order valence-corrected chi connectivity index (χ3v) is 3.01. The van der Waals surface area contributed by atoms with E-state index in [0.717, 1.165) is 10.4 Å². The molecule has 1 fully saturated rings. The topological polar surface area (TPSA) is 37.8 Å². The summed E-state index contributed by atoms with van der Waals surface area (Å²) >= 11 is 3.27. The largest absolute Gasteiger partial charge is 0.363 e. The van der Waals surface area contributed by atoms with E-state index in [0.29, 0.717) is 5.54 Å². The average molecular weight is 256 g/mol. The minimum Gasteiger partial charge on any atom is -0.363 e. The van der Waals surface area contributed by atoms with Crippen LogP contribution in [0.5, 0.6) is 0 Å². The van der Waals surface area contributed by atoms with Crippen LogP contribution in [0.3, 0.4) is 0 Å². The fourth-order valence-electron chi connectivity index (χ4n) is 1.72. The van der Waals surface area contributed by atoms with Gasteiger partial charge in [-0.15, -0.1) is 0 Å². The van der Waals surface area contributed by atoms with Crippen molar-refractivity contribution in [2.75, 3.05) is 5.32 Å². The predicted octanol–water partition coefficient (Wildman–Crippen LogP) is 2.98. The molecule has 1 saturated carbocycles. The summed E-state index contributed by atoms with van der Waals surface area (Å²) in [6.07, 6.45) is 8.48. The molecule has 0 unspecified atom stereocenters. The number of rotatable bonds is 4. The number of hydrogen-bond acceptors (Lipinski definition) is 3. The Balaban J connectivity index is 2.00. The van der Waals surface area contributed by atoms with E-state index < -0.39 is 0 Å². The number of aromatic nitrogens is 2. The lowest BCUT2D eigenvalue weighted by molar-refractivity contribution is 0.636. The molecule has 0 amide bonds. The van der Waals surface area contributed by atoms with Crippen LogP contribution in [0.2, 0.25) is 0 Å². The second kappa shape index (κ2) is 3.85. The van der Waals surface area contributed by atoms with Crippen molar-refractivity contribution in [1.29, 1.82) is 0 Å². The first kappa shape index (κ1) is 9.90. The van der Waals surface area contributed by atoms with Crippen LogP contribution in [0.4, 0.5) is 5.82 Å². The first-order chi connectivity index (χ1) is 6.74. The second-order valence-corrected chi connectivity index (χ2v) is 4.69. The van der Waals surface area contributed by atoms with Gasteiger partial charge in [-0.1, -0.05) is 13.3 Å². The van der Waals surface area contributed by atoms with Gasteiger partial charge in [0.25, 0.3) is 0 Å². The Bertz CT molecular complexity index is 306. The van der Waals surface area contributed by atoms with Crippen LogP contribution in [0.15, 0.2) is 17.0 Å². The first-order valence-corrected chi connectivity index (χ1v) is 5.79. The highest BCUT2D eigenvalue weighted by molar-refractivity contribution is 9.10. The molecule has 1 aromatic rings. The molecule has 0 bridgehead atoms. The van der Waals surface area contributed by atoms with Crippen molar-refractivity contribution in [3.05, 3.63) is 17.0 Å². The van der Waals surface area contributed by atoms with Crippen LogP contribution in [0.1, 0.15) is 32.6 Å². The van der Waals surface area contributed by atoms with Crippen LogP contribution in [0.25, 0.3) is 0 Å². The summed E-state index contributed by atoms with van der Waals surface area (Å²) < 4.78 is 0.781. The Morgan fingerprint density at radius 1 is 1.43 bits per heavy atom. The fourth-order valence-corrected chi connectivity index (χ4v) is 1.92. The van der Waals surface area contributed by atoms with Crippen molar-refractivity contribution < 1.29 is 0 Å². The molecule has 76 valence electrons. The van der Waals surface area contributed by atoms with Gasteiger partial charge >= 0.3 is 0 Å². The highest BCUT2D eigenvalue weighted by Crippen LogP contribution is 2.42. The summed E-state index contributed by atoms with van der Waals surface area (Å²) in [5.41, 5.74) is 0.331. The molecule has 0 atom stereocenters. The van der Waals surface area contributed by atoms with Crippen molar-refractivity contribution in [2.24, 2.45) is 0 Å². The Labute approximate surface area is 92.5 Å². The number of hydrogen-bond donors (Lipinski definition) is 1. The van der Waals surface area contributed by atoms with Gasteiger partial charge in [0, 0.05) is 5.54 Å². The lowest BCUT2D eigenvalue weighted by Crippen LogP contribution is -2.21. The molecule has 0 radical (unpaired) electrons. The van der Waals surface area contributed by atoms with Gasteiger partial charge in [-0.25, -0.2) is 9.97 Å². The zero-order valence-electron chi connectivity index (χ0n) is 8.26. The SMILES string of the molecule is CCCC1(Nc2cnc(Br)cn2)CC1. The van der Waals surface area contributed by atoms with Gasteiger partial charge < -0.3 is 5.32 Å². The minimum absolute atomic E-state index is 0.331. The molecule has 2 rings (SSSR count). The molecule has 0 aliphatic heterocycles. The van der Waals surface area contributed by atoms with Crippen molar-refractivity contribution >= 4 is 21.7 Å². The maximum absolute atomic E-state index is 4.27. The fraction of sp³-hybridized carbons (Fsp3) is 0.600. The van der Waals surface area contributed by atoms with E-state index in [1.807, 2.05) is 0 Å². The smallest absolute Gasteiger partial charge is 0.144 e. The molecule has 14 heavy (non-hydrogen) atoms. The summed E-state index contributed by atoms with van der Waals surface area (Å²) in [6, 6.07) is 0. The third kappa shape index (κ3) is 2.23. The molecule has 3 nitrogen and oxygen atoms in total. The van der Waals surface area contributed by atoms with E-state index in [1.165, 1.54) is 25.7 Å². The van der Waals surface area contributed by atoms with Crippen molar-refractivity contribution in [2.45, 2.75) is 38.1 Å². The molecule has 1 heterocycles. The Morgan fingerprint density at radius 2 is 2.21 bits per heavy atom. The zero-order chi connectivity index (χ0) is 10.0. The first-order valence-electron chi connectivity index (χ1n) is 5.00. The van der Waals surface area contributed by atoms with Crippen LogP contribution in [-0.2, 0) is 0 Å². The van der Waals surface area contributed by atoms with Crippen LogP contribution in [0, 0.1) is 0 Å². The minimum atomic E-state index is 0.331. The lowest BCUT2D eigenvalue weighted by atomic mass is 10.1. The van der Waals surface area contributed by atoms with Gasteiger partial charge in [0.05, 0.1) is 12.4 Å². The summed E-state index contributed by atoms with van der Waals surface area (Å²) in [5.74, 6) is 0.888. The second-order valence-electron chi connectivity index (χ2n) is 3.88. The maximum Gasteiger partial charge on any atom is 0.144 e. The molecular weight excluding hydrogens is 242 g/mol. The van der Waals surface area contributed by atoms with Gasteiger partial charge in [-0.2, -0.15) is 0 Å². The van der Waals surface area contributed by atoms with Crippen molar-refractivity contribution in [1.82, 2.24) is 9.97 Å². The number of anilines is 1. The average Bonchev–Trinajstić information content (AvgIpc) is 2.90. The Hall–Kier alpha value is -0.640. The third-order valence-electron chi connectivity index (χ3n) is 2.60. The van der Waals surface area contributed by atoms with E-state index in [2.05, 4.69) is 38.1 Å². The molecule has 0 spiro atoms. The lowest BCUT2D eigenvalue weighted by Gasteiger charge is -2.16. The monoisotopic (exact) mass is 255 g/mol. The van der Waals surface area contributed by atoms with Crippen molar-refractivity contribution in [3.63, 3.8) is 0 Å². The van der Waals surface area contributed by atoms with E-state index >= 15 is 0 Å². The summed E-state index contributed by atoms with van der Waals surface area (Å²) in [5, 5.41) is 3.46. The number of halogens is 1. The summed E-state index contributed by atoms with van der Waals surface area (Å²) in [4.78, 5) is 8.41. The van der Waals surface area contributed by atoms with Crippen molar-refractivity contribution in [3.8, 4) is 0 Å². The Kier molecular flexibility index (Phi) is 2.72. The summed E-state index contributed by atoms with van der Waals surface area (Å²) in [6.45, 7) is 2.22. The van der Waals surface area contributed by atoms with Gasteiger partial charge in [0.15, 0.2) is 0 Å². The van der Waals surface area contributed by atoms with Crippen LogP contribution >= 0.6 is 15.9 Å². The molecular formula is C10H14BrN3. The van der Waals surface area contributed by atoms with Gasteiger partial charge in [0.1, 0.15) is 10.4 Å². The summed E-state index contributed by atoms with van der Waals surface area (Å²) in [7, 11) is 0. The van der Waals surface area contributed by atoms with Gasteiger partial charge in [-0.3, -0.25) is 0 Å². The molecule has 0 aromatic carbocycles. The molecule has 1 aliphatic rings. The number of nitrogens with zero attached hydrogens (tertiary/aromatic N) is 2. The van der Waals surface area contributed by atoms with E-state index in [4.69, 9.17) is 0 Å². The molecule has 1 N–H and O–H groups in total. The highest BCUT2D eigenvalue weighted by Gasteiger charge is 2.41. The van der Waals surface area contributed by atoms with E-state index in [1.54, 1.807) is 12.4 Å². The van der Waals surface area contributed by atoms with Crippen LogP contribution < -0.4 is 5.32 Å². The standard InChI is InChI=1S/C10H14BrN3/c1-2-3-10(4-5-10)14-9-7-12-8(11)6-13-9/h6-7H,2-5H2,1H3,(H,13,14). The van der Waals surface area contributed by atoms with Gasteiger partial charge in [0.2, 0.25) is 0 Å². The van der Waals surface area contributed by atoms with E-state index in [9.17, 15) is 0 Å². The quantitative estimate of drug-likeness (QED) is 0.899. The maximum atomic E-state index is 4.27. The normalized spacial score (nSPS) is 17.9. The zero-order valence-corrected chi connectivity index (χ0v) is 9.84. The van der Waals surface area contributed by atoms with Crippen LogP contribution in [-0.4, -0.2) is 15.5 Å². The predicted molar refractivity (Wildman–Crippen MR) is 60.2 cm³/mol. The van der Waals surface area contributed by atoms with E-state index in [-0.39, 0.29) is 0 Å². The molecule has 0 saturated heterocycles. The molecule has 4 heteroatoms. The Morgan fingerprint density at radius 3 is 2.71 bits per heavy atom. The highest BCUT2D eigenvalue weighted by atomic mass is 79.9.